The summed E-state index contributed by atoms with van der Waals surface area (Å²) in [4.78, 5) is 17.1. The lowest BCUT2D eigenvalue weighted by Crippen LogP contribution is -2.42. The van der Waals surface area contributed by atoms with Gasteiger partial charge in [-0.25, -0.2) is 0 Å². The fraction of sp³-hybridized carbons (Fsp3) is 0.344. The number of allylic oxidation sites excluding steroid dienone is 1. The van der Waals surface area contributed by atoms with Crippen molar-refractivity contribution in [2.75, 3.05) is 33.2 Å². The first kappa shape index (κ1) is 28.7. The summed E-state index contributed by atoms with van der Waals surface area (Å²) in [6.45, 7) is 3.09. The van der Waals surface area contributed by atoms with E-state index in [0.29, 0.717) is 16.6 Å². The van der Waals surface area contributed by atoms with Crippen LogP contribution in [-0.2, 0) is 11.6 Å². The normalized spacial score (nSPS) is 17.1. The molecular weight excluding hydrogens is 556 g/mol. The minimum absolute atomic E-state index is 0.0106. The highest BCUT2D eigenvalue weighted by Gasteiger charge is 2.38. The number of fused-ring (bicyclic) bond motifs is 2. The van der Waals surface area contributed by atoms with E-state index in [1.54, 1.807) is 13.1 Å². The van der Waals surface area contributed by atoms with Gasteiger partial charge < -0.3 is 9.80 Å². The van der Waals surface area contributed by atoms with Gasteiger partial charge >= 0.3 is 6.18 Å². The van der Waals surface area contributed by atoms with Crippen molar-refractivity contribution in [2.45, 2.75) is 36.8 Å². The van der Waals surface area contributed by atoms with Crippen molar-refractivity contribution in [3.8, 4) is 0 Å². The van der Waals surface area contributed by atoms with Gasteiger partial charge in [-0.1, -0.05) is 71.8 Å². The predicted molar refractivity (Wildman–Crippen MR) is 155 cm³/mol. The highest BCUT2D eigenvalue weighted by atomic mass is 35.5. The van der Waals surface area contributed by atoms with E-state index in [2.05, 4.69) is 41.3 Å². The van der Waals surface area contributed by atoms with Crippen molar-refractivity contribution in [1.29, 1.82) is 0 Å². The molecule has 1 amide bonds. The summed E-state index contributed by atoms with van der Waals surface area (Å²) in [7, 11) is 1.63. The van der Waals surface area contributed by atoms with Crippen LogP contribution in [0.5, 0.6) is 0 Å². The molecule has 0 aromatic heterocycles. The number of piperidine rings is 1. The topological polar surface area (TPSA) is 23.6 Å². The van der Waals surface area contributed by atoms with Gasteiger partial charge in [0.1, 0.15) is 0 Å². The third-order valence-corrected chi connectivity index (χ3v) is 9.05. The number of carbonyl (C=O) groups is 1. The average Bonchev–Trinajstić information content (AvgIpc) is 3.30. The Morgan fingerprint density at radius 1 is 1.00 bits per heavy atom. The zero-order valence-corrected chi connectivity index (χ0v) is 23.7. The minimum Gasteiger partial charge on any atom is -0.341 e. The van der Waals surface area contributed by atoms with E-state index in [1.807, 2.05) is 12.1 Å². The number of carbonyl (C=O) groups excluding carboxylic acids is 1. The molecule has 3 aromatic rings. The van der Waals surface area contributed by atoms with E-state index >= 15 is 0 Å². The monoisotopic (exact) mass is 586 g/mol. The molecule has 1 spiro atoms. The number of hydrogen-bond donors (Lipinski definition) is 0. The molecule has 3 aromatic carbocycles. The van der Waals surface area contributed by atoms with Crippen molar-refractivity contribution < 1.29 is 18.0 Å². The summed E-state index contributed by atoms with van der Waals surface area (Å²) in [5.74, 6) is -0.528. The van der Waals surface area contributed by atoms with Gasteiger partial charge in [0.2, 0.25) is 0 Å². The Kier molecular flexibility index (Phi) is 8.32. The number of nitrogens with zero attached hydrogens (tertiary/aromatic N) is 2. The summed E-state index contributed by atoms with van der Waals surface area (Å²) >= 11 is 12.5. The molecule has 8 heteroatoms. The van der Waals surface area contributed by atoms with E-state index in [0.717, 1.165) is 56.6 Å². The average molecular weight is 588 g/mol. The molecule has 1 aliphatic carbocycles. The van der Waals surface area contributed by atoms with Crippen molar-refractivity contribution in [3.63, 3.8) is 0 Å². The fourth-order valence-corrected chi connectivity index (χ4v) is 6.28. The van der Waals surface area contributed by atoms with Gasteiger partial charge in [0, 0.05) is 30.5 Å². The van der Waals surface area contributed by atoms with Gasteiger partial charge in [-0.15, -0.1) is 0 Å². The lowest BCUT2D eigenvalue weighted by molar-refractivity contribution is -0.137. The molecule has 1 heterocycles. The van der Waals surface area contributed by atoms with Crippen LogP contribution >= 0.6 is 23.2 Å². The molecule has 0 bridgehead atoms. The van der Waals surface area contributed by atoms with Crippen LogP contribution in [0.25, 0.3) is 6.08 Å². The number of halogens is 5. The van der Waals surface area contributed by atoms with Crippen LogP contribution in [0, 0.1) is 0 Å². The molecule has 0 saturated carbocycles. The van der Waals surface area contributed by atoms with Crippen LogP contribution in [-0.4, -0.2) is 48.9 Å². The van der Waals surface area contributed by atoms with Gasteiger partial charge in [0.05, 0.1) is 15.6 Å². The molecule has 1 saturated heterocycles. The summed E-state index contributed by atoms with van der Waals surface area (Å²) in [6, 6.07) is 18.6. The Hall–Kier alpha value is -2.80. The standard InChI is InChI=1S/C32H31Cl2F3N2O/c1-38(30(40)24-6-4-7-26(19-24)32(35,36)37)21-25(23-9-10-28(33)29(34)20-23)12-16-39-17-14-31(15-18-39)13-11-22-5-2-3-8-27(22)31/h2-11,13,19-20,25H,12,14-18,21H2,1H3/t25-/m1/s1. The molecular formula is C32H31Cl2F3N2O. The molecule has 0 unspecified atom stereocenters. The molecule has 2 aliphatic rings. The van der Waals surface area contributed by atoms with Crippen LogP contribution in [0.3, 0.4) is 0 Å². The highest BCUT2D eigenvalue weighted by molar-refractivity contribution is 6.42. The second kappa shape index (κ2) is 11.6. The van der Waals surface area contributed by atoms with Crippen molar-refractivity contribution in [2.24, 2.45) is 0 Å². The predicted octanol–water partition coefficient (Wildman–Crippen LogP) is 8.32. The first-order valence-electron chi connectivity index (χ1n) is 13.4. The second-order valence-electron chi connectivity index (χ2n) is 10.8. The molecule has 40 heavy (non-hydrogen) atoms. The van der Waals surface area contributed by atoms with E-state index in [-0.39, 0.29) is 16.9 Å². The zero-order valence-electron chi connectivity index (χ0n) is 22.2. The number of hydrogen-bond acceptors (Lipinski definition) is 2. The van der Waals surface area contributed by atoms with Gasteiger partial charge in [-0.2, -0.15) is 13.2 Å². The first-order valence-corrected chi connectivity index (χ1v) is 14.2. The third kappa shape index (κ3) is 6.09. The SMILES string of the molecule is CN(C[C@@H](CCN1CCC2(C=Cc3ccccc32)CC1)c1ccc(Cl)c(Cl)c1)C(=O)c1cccc(C(F)(F)F)c1. The van der Waals surface area contributed by atoms with E-state index < -0.39 is 17.6 Å². The van der Waals surface area contributed by atoms with Gasteiger partial charge in [0.15, 0.2) is 0 Å². The van der Waals surface area contributed by atoms with E-state index in [1.165, 1.54) is 28.2 Å². The largest absolute Gasteiger partial charge is 0.416 e. The van der Waals surface area contributed by atoms with Crippen molar-refractivity contribution >= 4 is 35.2 Å². The number of likely N-dealkylation sites (tertiary alicyclic amines) is 1. The first-order chi connectivity index (χ1) is 19.1. The van der Waals surface area contributed by atoms with Crippen LogP contribution in [0.15, 0.2) is 72.8 Å². The number of amides is 1. The number of rotatable bonds is 7. The fourth-order valence-electron chi connectivity index (χ4n) is 5.98. The van der Waals surface area contributed by atoms with Crippen LogP contribution in [0.4, 0.5) is 13.2 Å². The number of benzene rings is 3. The van der Waals surface area contributed by atoms with Gasteiger partial charge in [0.25, 0.3) is 5.91 Å². The summed E-state index contributed by atoms with van der Waals surface area (Å²) < 4.78 is 39.7. The number of alkyl halides is 3. The van der Waals surface area contributed by atoms with Gasteiger partial charge in [-0.3, -0.25) is 4.79 Å². The molecule has 0 N–H and O–H groups in total. The van der Waals surface area contributed by atoms with Crippen LogP contribution in [0.1, 0.15) is 57.8 Å². The lowest BCUT2D eigenvalue weighted by atomic mass is 9.74. The smallest absolute Gasteiger partial charge is 0.341 e. The summed E-state index contributed by atoms with van der Waals surface area (Å²) in [6.07, 6.45) is 2.95. The van der Waals surface area contributed by atoms with Gasteiger partial charge in [-0.05, 0) is 85.9 Å². The second-order valence-corrected chi connectivity index (χ2v) is 11.7. The highest BCUT2D eigenvalue weighted by Crippen LogP contribution is 2.43. The Labute approximate surface area is 243 Å². The Bertz CT molecular complexity index is 1410. The Balaban J connectivity index is 1.27. The quantitative estimate of drug-likeness (QED) is 0.278. The maximum Gasteiger partial charge on any atom is 0.416 e. The number of likely N-dealkylation sites (N-methyl/N-ethyl adjacent to an activating group) is 1. The van der Waals surface area contributed by atoms with E-state index in [4.69, 9.17) is 23.2 Å². The zero-order chi connectivity index (χ0) is 28.5. The summed E-state index contributed by atoms with van der Waals surface area (Å²) in [5, 5.41) is 0.881. The molecule has 5 rings (SSSR count). The van der Waals surface area contributed by atoms with Crippen molar-refractivity contribution in [1.82, 2.24) is 9.80 Å². The molecule has 210 valence electrons. The summed E-state index contributed by atoms with van der Waals surface area (Å²) in [5.41, 5.74) is 2.95. The van der Waals surface area contributed by atoms with Crippen molar-refractivity contribution in [3.05, 3.63) is 111 Å². The minimum atomic E-state index is -4.51. The van der Waals surface area contributed by atoms with Crippen LogP contribution in [0.2, 0.25) is 10.0 Å². The Morgan fingerprint density at radius 3 is 2.48 bits per heavy atom. The maximum atomic E-state index is 13.2. The molecule has 0 radical (unpaired) electrons. The Morgan fingerprint density at radius 2 is 1.75 bits per heavy atom. The molecule has 3 nitrogen and oxygen atoms in total. The maximum absolute atomic E-state index is 13.2. The molecule has 1 aliphatic heterocycles. The van der Waals surface area contributed by atoms with E-state index in [9.17, 15) is 18.0 Å². The van der Waals surface area contributed by atoms with Crippen LogP contribution < -0.4 is 0 Å². The third-order valence-electron chi connectivity index (χ3n) is 8.31. The lowest BCUT2D eigenvalue weighted by Gasteiger charge is -2.40. The molecule has 1 atom stereocenters. The molecule has 1 fully saturated rings.